The summed E-state index contributed by atoms with van der Waals surface area (Å²) in [5, 5.41) is 27.6. The van der Waals surface area contributed by atoms with Crippen LogP contribution < -0.4 is 15.1 Å². The molecule has 0 aliphatic heterocycles. The van der Waals surface area contributed by atoms with Crippen LogP contribution in [0.3, 0.4) is 0 Å². The van der Waals surface area contributed by atoms with Gasteiger partial charge in [0, 0.05) is 17.8 Å². The van der Waals surface area contributed by atoms with Crippen molar-refractivity contribution >= 4 is 29.3 Å². The molecule has 0 aliphatic rings. The number of benzene rings is 2. The van der Waals surface area contributed by atoms with Gasteiger partial charge in [0.1, 0.15) is 0 Å². The maximum atomic E-state index is 12.3. The molecule has 1 heterocycles. The number of aromatic carboxylic acids is 1. The minimum absolute atomic E-state index is 0.0704. The second-order valence-electron chi connectivity index (χ2n) is 6.08. The minimum Gasteiger partial charge on any atom is -0.538 e. The molecule has 28 heavy (non-hydrogen) atoms. The van der Waals surface area contributed by atoms with Crippen LogP contribution in [-0.2, 0) is 4.79 Å². The van der Waals surface area contributed by atoms with Crippen LogP contribution in [0.2, 0.25) is 0 Å². The fourth-order valence-corrected chi connectivity index (χ4v) is 3.18. The Morgan fingerprint density at radius 3 is 2.61 bits per heavy atom. The predicted molar refractivity (Wildman–Crippen MR) is 99.7 cm³/mol. The average Bonchev–Trinajstić information content (AvgIpc) is 3.03. The van der Waals surface area contributed by atoms with Gasteiger partial charge in [0.05, 0.1) is 16.6 Å². The highest BCUT2D eigenvalue weighted by atomic mass is 32.2. The van der Waals surface area contributed by atoms with E-state index in [2.05, 4.69) is 10.6 Å². The maximum Gasteiger partial charge on any atom is 0.335 e. The summed E-state index contributed by atoms with van der Waals surface area (Å²) in [6.07, 6.45) is 0. The second-order valence-corrected chi connectivity index (χ2v) is 7.05. The summed E-state index contributed by atoms with van der Waals surface area (Å²) in [7, 11) is 0. The first-order valence-corrected chi connectivity index (χ1v) is 9.26. The van der Waals surface area contributed by atoms with E-state index in [1.807, 2.05) is 19.1 Å². The molecule has 0 bridgehead atoms. The Morgan fingerprint density at radius 1 is 1.21 bits per heavy atom. The number of rotatable bonds is 6. The van der Waals surface area contributed by atoms with Gasteiger partial charge in [-0.25, -0.2) is 4.79 Å². The molecule has 0 fully saturated rings. The van der Waals surface area contributed by atoms with Crippen LogP contribution in [0.15, 0.2) is 52.0 Å². The Hall–Kier alpha value is -3.33. The van der Waals surface area contributed by atoms with Gasteiger partial charge in [0.2, 0.25) is 11.6 Å². The van der Waals surface area contributed by atoms with Gasteiger partial charge in [0.25, 0.3) is 5.03 Å². The minimum atomic E-state index is -1.08. The van der Waals surface area contributed by atoms with E-state index in [9.17, 15) is 14.7 Å². The third-order valence-corrected chi connectivity index (χ3v) is 4.97. The Labute approximate surface area is 164 Å². The van der Waals surface area contributed by atoms with E-state index in [0.29, 0.717) is 11.4 Å². The van der Waals surface area contributed by atoms with E-state index in [0.717, 1.165) is 22.9 Å². The molecule has 0 unspecified atom stereocenters. The molecule has 1 amide bonds. The summed E-state index contributed by atoms with van der Waals surface area (Å²) < 4.78 is 6.07. The van der Waals surface area contributed by atoms with Crippen molar-refractivity contribution in [3.05, 3.63) is 59.2 Å². The van der Waals surface area contributed by atoms with Gasteiger partial charge < -0.3 is 20.1 Å². The Morgan fingerprint density at radius 2 is 1.93 bits per heavy atom. The summed E-state index contributed by atoms with van der Waals surface area (Å²) in [5.41, 5.74) is 2.91. The fraction of sp³-hybridized carbons (Fsp3) is 0.158. The van der Waals surface area contributed by atoms with E-state index in [-0.39, 0.29) is 22.2 Å². The summed E-state index contributed by atoms with van der Waals surface area (Å²) >= 11 is 0.989. The Balaban J connectivity index is 1.72. The number of carbonyl (C=O) groups excluding carboxylic acids is 1. The third-order valence-electron chi connectivity index (χ3n) is 3.95. The van der Waals surface area contributed by atoms with Gasteiger partial charge in [-0.05, 0) is 48.0 Å². The molecule has 2 aromatic carbocycles. The lowest BCUT2D eigenvalue weighted by Crippen LogP contribution is -2.35. The van der Waals surface area contributed by atoms with E-state index < -0.39 is 11.9 Å². The largest absolute Gasteiger partial charge is 0.538 e. The van der Waals surface area contributed by atoms with Gasteiger partial charge in [0.15, 0.2) is 5.95 Å². The highest BCUT2D eigenvalue weighted by Gasteiger charge is 2.22. The maximum absolute atomic E-state index is 12.3. The smallest absolute Gasteiger partial charge is 0.335 e. The number of carbonyl (C=O) groups is 2. The third kappa shape index (κ3) is 4.32. The topological polar surface area (TPSA) is 119 Å². The van der Waals surface area contributed by atoms with Crippen molar-refractivity contribution in [3.63, 3.8) is 0 Å². The highest BCUT2D eigenvalue weighted by molar-refractivity contribution is 7.99. The number of aromatic nitrogens is 2. The van der Waals surface area contributed by atoms with Crippen molar-refractivity contribution < 1.29 is 29.0 Å². The molecule has 0 saturated carbocycles. The molecule has 144 valence electrons. The molecular weight excluding hydrogens is 382 g/mol. The van der Waals surface area contributed by atoms with Crippen molar-refractivity contribution in [2.45, 2.75) is 18.9 Å². The monoisotopic (exact) mass is 399 g/mol. The molecule has 0 spiro atoms. The standard InChI is InChI=1S/C19H17N3O5S/c1-11-3-7-14(8-4-11)22-17(19(26)27-21-22)28-10-16(23)20-15-9-13(18(24)25)6-5-12(15)2/h3-9H,10H2,1-2H3,(H2-,20,21,23,24,25,26). The van der Waals surface area contributed by atoms with Crippen molar-refractivity contribution in [1.82, 2.24) is 5.27 Å². The number of aryl methyl sites for hydroxylation is 2. The molecular formula is C19H17N3O5S. The zero-order valence-corrected chi connectivity index (χ0v) is 15.9. The van der Waals surface area contributed by atoms with Crippen LogP contribution in [0.5, 0.6) is 5.95 Å². The number of nitrogens with one attached hydrogen (secondary N) is 1. The van der Waals surface area contributed by atoms with Crippen LogP contribution >= 0.6 is 11.8 Å². The lowest BCUT2D eigenvalue weighted by molar-refractivity contribution is -0.705. The molecule has 0 saturated heterocycles. The van der Waals surface area contributed by atoms with E-state index in [4.69, 9.17) is 9.63 Å². The quantitative estimate of drug-likeness (QED) is 0.481. The zero-order chi connectivity index (χ0) is 20.3. The summed E-state index contributed by atoms with van der Waals surface area (Å²) in [6, 6.07) is 11.8. The molecule has 2 N–H and O–H groups in total. The summed E-state index contributed by atoms with van der Waals surface area (Å²) in [5.74, 6) is -2.17. The number of carboxylic acid groups (broad SMARTS) is 1. The first kappa shape index (κ1) is 19.4. The molecule has 0 aliphatic carbocycles. The summed E-state index contributed by atoms with van der Waals surface area (Å²) in [6.45, 7) is 3.70. The van der Waals surface area contributed by atoms with E-state index in [1.165, 1.54) is 16.8 Å². The molecule has 3 rings (SSSR count). The van der Waals surface area contributed by atoms with Gasteiger partial charge >= 0.3 is 5.97 Å². The molecule has 0 radical (unpaired) electrons. The molecule has 8 nitrogen and oxygen atoms in total. The first-order valence-electron chi connectivity index (χ1n) is 8.28. The van der Waals surface area contributed by atoms with Crippen LogP contribution in [0.1, 0.15) is 21.5 Å². The SMILES string of the molecule is Cc1ccc(-[n+]2noc([O-])c2SCC(=O)Nc2cc(C(=O)O)ccc2C)cc1. The number of anilines is 1. The molecule has 9 heteroatoms. The van der Waals surface area contributed by atoms with Crippen LogP contribution in [0.25, 0.3) is 5.69 Å². The van der Waals surface area contributed by atoms with Crippen LogP contribution in [0, 0.1) is 13.8 Å². The highest BCUT2D eigenvalue weighted by Crippen LogP contribution is 2.24. The van der Waals surface area contributed by atoms with E-state index >= 15 is 0 Å². The van der Waals surface area contributed by atoms with Crippen LogP contribution in [-0.4, -0.2) is 28.0 Å². The number of hydrogen-bond donors (Lipinski definition) is 2. The van der Waals surface area contributed by atoms with Crippen molar-refractivity contribution in [1.29, 1.82) is 0 Å². The normalized spacial score (nSPS) is 10.6. The van der Waals surface area contributed by atoms with Gasteiger partial charge in [-0.1, -0.05) is 23.8 Å². The lowest BCUT2D eigenvalue weighted by Gasteiger charge is -2.08. The number of nitrogens with zero attached hydrogens (tertiary/aromatic N) is 2. The number of hydrogen-bond acceptors (Lipinski definition) is 6. The van der Waals surface area contributed by atoms with Gasteiger partial charge in [-0.3, -0.25) is 4.79 Å². The number of thioether (sulfide) groups is 1. The first-order chi connectivity index (χ1) is 13.3. The molecule has 3 aromatic rings. The number of carboxylic acids is 1. The second kappa shape index (κ2) is 8.13. The average molecular weight is 399 g/mol. The van der Waals surface area contributed by atoms with Gasteiger partial charge in [-0.2, -0.15) is 0 Å². The van der Waals surface area contributed by atoms with Crippen molar-refractivity contribution in [2.24, 2.45) is 0 Å². The van der Waals surface area contributed by atoms with Crippen molar-refractivity contribution in [2.75, 3.05) is 11.1 Å². The Kier molecular flexibility index (Phi) is 5.65. The zero-order valence-electron chi connectivity index (χ0n) is 15.1. The molecule has 1 aromatic heterocycles. The summed E-state index contributed by atoms with van der Waals surface area (Å²) in [4.78, 5) is 23.4. The fourth-order valence-electron chi connectivity index (χ4n) is 2.42. The van der Waals surface area contributed by atoms with Crippen LogP contribution in [0.4, 0.5) is 5.69 Å². The van der Waals surface area contributed by atoms with E-state index in [1.54, 1.807) is 25.1 Å². The number of amides is 1. The van der Waals surface area contributed by atoms with Crippen molar-refractivity contribution in [3.8, 4) is 11.6 Å². The molecule has 0 atom stereocenters. The lowest BCUT2D eigenvalue weighted by atomic mass is 10.1. The Bertz CT molecular complexity index is 1030. The van der Waals surface area contributed by atoms with Gasteiger partial charge in [-0.15, -0.1) is 0 Å². The predicted octanol–water partition coefficient (Wildman–Crippen LogP) is 2.07.